The van der Waals surface area contributed by atoms with Crippen molar-refractivity contribution in [3.63, 3.8) is 0 Å². The van der Waals surface area contributed by atoms with E-state index in [0.29, 0.717) is 11.3 Å². The molecule has 0 aliphatic rings. The first-order valence-corrected chi connectivity index (χ1v) is 8.83. The van der Waals surface area contributed by atoms with E-state index in [1.807, 2.05) is 0 Å². The van der Waals surface area contributed by atoms with Gasteiger partial charge in [-0.25, -0.2) is 4.79 Å². The van der Waals surface area contributed by atoms with Gasteiger partial charge in [-0.2, -0.15) is 0 Å². The molecular weight excluding hydrogens is 394 g/mol. The normalized spacial score (nSPS) is 11.2. The van der Waals surface area contributed by atoms with E-state index in [4.69, 9.17) is 9.47 Å². The number of methoxy groups -OCH3 is 2. The van der Waals surface area contributed by atoms with Gasteiger partial charge in [0.2, 0.25) is 5.91 Å². The lowest BCUT2D eigenvalue weighted by molar-refractivity contribution is -0.384. The lowest BCUT2D eigenvalue weighted by Crippen LogP contribution is -2.43. The molecule has 2 aromatic carbocycles. The van der Waals surface area contributed by atoms with E-state index >= 15 is 0 Å². The number of nitro benzene ring substituents is 1. The second-order valence-corrected chi connectivity index (χ2v) is 6.23. The molecule has 0 fully saturated rings. The first-order chi connectivity index (χ1) is 14.3. The Morgan fingerprint density at radius 1 is 1.13 bits per heavy atom. The fourth-order valence-electron chi connectivity index (χ4n) is 2.81. The number of carbonyl (C=O) groups is 3. The van der Waals surface area contributed by atoms with Crippen LogP contribution in [0.2, 0.25) is 0 Å². The number of non-ortho nitro benzene ring substituents is 1. The van der Waals surface area contributed by atoms with Gasteiger partial charge < -0.3 is 20.1 Å². The number of nitrogens with one attached hydrogen (secondary N) is 2. The van der Waals surface area contributed by atoms with Crippen molar-refractivity contribution in [2.45, 2.75) is 19.4 Å². The largest absolute Gasteiger partial charge is 0.496 e. The van der Waals surface area contributed by atoms with Crippen molar-refractivity contribution in [2.75, 3.05) is 19.5 Å². The van der Waals surface area contributed by atoms with Crippen molar-refractivity contribution in [3.05, 3.63) is 63.7 Å². The van der Waals surface area contributed by atoms with Crippen LogP contribution in [0.3, 0.4) is 0 Å². The topological polar surface area (TPSA) is 137 Å². The summed E-state index contributed by atoms with van der Waals surface area (Å²) in [4.78, 5) is 47.0. The number of para-hydroxylation sites is 1. The second kappa shape index (κ2) is 10.0. The smallest absolute Gasteiger partial charge is 0.328 e. The number of anilines is 1. The number of carbonyl (C=O) groups excluding carboxylic acids is 3. The number of esters is 1. The first kappa shape index (κ1) is 22.3. The lowest BCUT2D eigenvalue weighted by Gasteiger charge is -2.19. The number of hydrogen-bond donors (Lipinski definition) is 2. The van der Waals surface area contributed by atoms with Gasteiger partial charge in [-0.15, -0.1) is 0 Å². The highest BCUT2D eigenvalue weighted by atomic mass is 16.6. The third-order valence-corrected chi connectivity index (χ3v) is 4.17. The average molecular weight is 415 g/mol. The summed E-state index contributed by atoms with van der Waals surface area (Å²) in [5.74, 6) is -1.41. The number of rotatable bonds is 8. The predicted octanol–water partition coefficient (Wildman–Crippen LogP) is 2.08. The molecule has 0 unspecified atom stereocenters. The van der Waals surface area contributed by atoms with Crippen molar-refractivity contribution in [3.8, 4) is 5.75 Å². The molecule has 0 saturated heterocycles. The zero-order valence-corrected chi connectivity index (χ0v) is 16.6. The van der Waals surface area contributed by atoms with E-state index in [2.05, 4.69) is 10.6 Å². The minimum atomic E-state index is -1.15. The molecule has 0 aliphatic heterocycles. The van der Waals surface area contributed by atoms with Crippen molar-refractivity contribution < 1.29 is 28.8 Å². The van der Waals surface area contributed by atoms with Gasteiger partial charge >= 0.3 is 5.97 Å². The predicted molar refractivity (Wildman–Crippen MR) is 107 cm³/mol. The summed E-state index contributed by atoms with van der Waals surface area (Å²) >= 11 is 0. The van der Waals surface area contributed by atoms with Crippen LogP contribution in [-0.4, -0.2) is 43.0 Å². The Bertz CT molecular complexity index is 975. The summed E-state index contributed by atoms with van der Waals surface area (Å²) in [6.07, 6.45) is -0.106. The van der Waals surface area contributed by atoms with Gasteiger partial charge in [0.05, 0.1) is 30.4 Å². The van der Waals surface area contributed by atoms with Crippen LogP contribution in [0, 0.1) is 10.1 Å². The van der Waals surface area contributed by atoms with Crippen LogP contribution in [0.5, 0.6) is 5.75 Å². The molecule has 2 aromatic rings. The zero-order valence-electron chi connectivity index (χ0n) is 16.6. The van der Waals surface area contributed by atoms with Crippen LogP contribution in [0.15, 0.2) is 42.5 Å². The third kappa shape index (κ3) is 5.53. The van der Waals surface area contributed by atoms with Crippen molar-refractivity contribution in [1.82, 2.24) is 5.32 Å². The van der Waals surface area contributed by atoms with Crippen LogP contribution >= 0.6 is 0 Å². The minimum absolute atomic E-state index is 0.106. The van der Waals surface area contributed by atoms with Gasteiger partial charge in [-0.1, -0.05) is 12.1 Å². The molecular formula is C20H21N3O7. The maximum Gasteiger partial charge on any atom is 0.328 e. The zero-order chi connectivity index (χ0) is 22.3. The Morgan fingerprint density at radius 3 is 2.43 bits per heavy atom. The highest BCUT2D eigenvalue weighted by Gasteiger charge is 2.26. The lowest BCUT2D eigenvalue weighted by atomic mass is 10.0. The van der Waals surface area contributed by atoms with Crippen LogP contribution in [0.1, 0.15) is 22.8 Å². The highest BCUT2D eigenvalue weighted by Crippen LogP contribution is 2.25. The number of hydrogen-bond acceptors (Lipinski definition) is 7. The standard InChI is InChI=1S/C20H21N3O7/c1-12(24)21-16-7-5-4-6-15(16)19(25)22-17(20(26)30-3)11-13-10-14(23(27)28)8-9-18(13)29-2/h4-10,17H,11H2,1-3H3,(H,21,24)(H,22,25)/t17-/m1/s1. The fourth-order valence-corrected chi connectivity index (χ4v) is 2.81. The van der Waals surface area contributed by atoms with Crippen LogP contribution in [0.4, 0.5) is 11.4 Å². The van der Waals surface area contributed by atoms with E-state index in [1.165, 1.54) is 38.3 Å². The number of amides is 2. The summed E-state index contributed by atoms with van der Waals surface area (Å²) in [6.45, 7) is 1.31. The molecule has 1 atom stereocenters. The van der Waals surface area contributed by atoms with Crippen molar-refractivity contribution >= 4 is 29.2 Å². The van der Waals surface area contributed by atoms with Crippen LogP contribution in [-0.2, 0) is 20.7 Å². The summed E-state index contributed by atoms with van der Waals surface area (Å²) in [7, 11) is 2.55. The maximum atomic E-state index is 12.8. The summed E-state index contributed by atoms with van der Waals surface area (Å²) in [5.41, 5.74) is 0.584. The summed E-state index contributed by atoms with van der Waals surface area (Å²) in [6, 6.07) is 9.10. The number of benzene rings is 2. The molecule has 0 bridgehead atoms. The molecule has 30 heavy (non-hydrogen) atoms. The van der Waals surface area contributed by atoms with Crippen LogP contribution in [0.25, 0.3) is 0 Å². The Labute approximate surface area is 172 Å². The third-order valence-electron chi connectivity index (χ3n) is 4.17. The highest BCUT2D eigenvalue weighted by molar-refractivity contribution is 6.04. The van der Waals surface area contributed by atoms with E-state index < -0.39 is 22.8 Å². The van der Waals surface area contributed by atoms with Crippen molar-refractivity contribution in [1.29, 1.82) is 0 Å². The molecule has 0 heterocycles. The summed E-state index contributed by atoms with van der Waals surface area (Å²) < 4.78 is 9.98. The van der Waals surface area contributed by atoms with Gasteiger partial charge in [0.25, 0.3) is 11.6 Å². The quantitative estimate of drug-likeness (QED) is 0.382. The summed E-state index contributed by atoms with van der Waals surface area (Å²) in [5, 5.41) is 16.2. The molecule has 0 aromatic heterocycles. The molecule has 2 rings (SSSR count). The monoisotopic (exact) mass is 415 g/mol. The number of nitro groups is 1. The Balaban J connectivity index is 2.33. The molecule has 0 radical (unpaired) electrons. The first-order valence-electron chi connectivity index (χ1n) is 8.83. The van der Waals surface area contributed by atoms with Gasteiger partial charge in [-0.05, 0) is 18.2 Å². The maximum absolute atomic E-state index is 12.8. The molecule has 2 amide bonds. The fraction of sp³-hybridized carbons (Fsp3) is 0.250. The molecule has 10 heteroatoms. The SMILES string of the molecule is COC(=O)[C@@H](Cc1cc([N+](=O)[O-])ccc1OC)NC(=O)c1ccccc1NC(C)=O. The second-order valence-electron chi connectivity index (χ2n) is 6.23. The molecule has 0 spiro atoms. The van der Waals surface area contributed by atoms with Gasteiger partial charge in [0.15, 0.2) is 0 Å². The van der Waals surface area contributed by atoms with E-state index in [-0.39, 0.29) is 29.3 Å². The average Bonchev–Trinajstić information content (AvgIpc) is 2.72. The molecule has 158 valence electrons. The molecule has 2 N–H and O–H groups in total. The van der Waals surface area contributed by atoms with Crippen molar-refractivity contribution in [2.24, 2.45) is 0 Å². The Kier molecular flexibility index (Phi) is 7.45. The molecule has 10 nitrogen and oxygen atoms in total. The van der Waals surface area contributed by atoms with E-state index in [0.717, 1.165) is 7.11 Å². The van der Waals surface area contributed by atoms with Gasteiger partial charge in [-0.3, -0.25) is 19.7 Å². The van der Waals surface area contributed by atoms with Gasteiger partial charge in [0.1, 0.15) is 11.8 Å². The number of nitrogens with zero attached hydrogens (tertiary/aromatic N) is 1. The molecule has 0 saturated carbocycles. The van der Waals surface area contributed by atoms with E-state index in [1.54, 1.807) is 18.2 Å². The van der Waals surface area contributed by atoms with Gasteiger partial charge in [0, 0.05) is 31.0 Å². The minimum Gasteiger partial charge on any atom is -0.496 e. The van der Waals surface area contributed by atoms with E-state index in [9.17, 15) is 24.5 Å². The Morgan fingerprint density at radius 2 is 1.83 bits per heavy atom. The van der Waals surface area contributed by atoms with Crippen LogP contribution < -0.4 is 15.4 Å². The number of ether oxygens (including phenoxy) is 2. The Hall–Kier alpha value is -3.95. The molecule has 0 aliphatic carbocycles.